The summed E-state index contributed by atoms with van der Waals surface area (Å²) in [6.07, 6.45) is 0.450. The highest BCUT2D eigenvalue weighted by atomic mass is 32.1. The summed E-state index contributed by atoms with van der Waals surface area (Å²) in [4.78, 5) is 23.0. The first-order valence-corrected chi connectivity index (χ1v) is 6.95. The van der Waals surface area contributed by atoms with Crippen LogP contribution in [0.25, 0.3) is 0 Å². The number of rotatable bonds is 5. The van der Waals surface area contributed by atoms with Gasteiger partial charge in [0.2, 0.25) is 0 Å². The van der Waals surface area contributed by atoms with Crippen LogP contribution in [-0.2, 0) is 16.0 Å². The maximum Gasteiger partial charge on any atom is 0.408 e. The minimum atomic E-state index is -0.643. The number of hydrogen-bond acceptors (Lipinski definition) is 4. The molecule has 0 saturated carbocycles. The van der Waals surface area contributed by atoms with Crippen LogP contribution in [0.1, 0.15) is 31.9 Å². The van der Waals surface area contributed by atoms with Crippen LogP contribution in [0, 0.1) is 0 Å². The molecule has 0 fully saturated rings. The Morgan fingerprint density at radius 3 is 2.38 bits per heavy atom. The van der Waals surface area contributed by atoms with Crippen LogP contribution in [0.2, 0.25) is 0 Å². The van der Waals surface area contributed by atoms with E-state index in [1.165, 1.54) is 0 Å². The van der Waals surface area contributed by atoms with Crippen molar-refractivity contribution in [2.75, 3.05) is 0 Å². The number of thiocarbonyl (C=S) groups is 1. The molecule has 1 aromatic carbocycles. The normalized spacial score (nSPS) is 12.3. The second-order valence-corrected chi connectivity index (χ2v) is 6.09. The highest BCUT2D eigenvalue weighted by Crippen LogP contribution is 2.09. The quantitative estimate of drug-likeness (QED) is 0.642. The predicted octanol–water partition coefficient (Wildman–Crippen LogP) is 1.96. The number of hydrogen-bond donors (Lipinski definition) is 2. The van der Waals surface area contributed by atoms with E-state index >= 15 is 0 Å². The smallest absolute Gasteiger partial charge is 0.408 e. The zero-order chi connectivity index (χ0) is 16.0. The Hall–Kier alpha value is -1.95. The van der Waals surface area contributed by atoms with E-state index in [2.05, 4.69) is 5.32 Å². The molecule has 0 spiro atoms. The number of nitrogens with one attached hydrogen (secondary N) is 1. The maximum atomic E-state index is 11.6. The molecule has 0 heterocycles. The van der Waals surface area contributed by atoms with Crippen molar-refractivity contribution >= 4 is 29.6 Å². The van der Waals surface area contributed by atoms with E-state index in [0.717, 1.165) is 11.1 Å². The Balaban J connectivity index is 2.63. The van der Waals surface area contributed by atoms with E-state index in [-0.39, 0.29) is 0 Å². The fraction of sp³-hybridized carbons (Fsp3) is 0.400. The van der Waals surface area contributed by atoms with E-state index in [0.29, 0.717) is 17.7 Å². The molecule has 21 heavy (non-hydrogen) atoms. The summed E-state index contributed by atoms with van der Waals surface area (Å²) in [7, 11) is 0. The molecule has 0 aliphatic rings. The number of carbonyl (C=O) groups is 2. The number of nitrogens with two attached hydrogens (primary N) is 1. The molecule has 1 atom stereocenters. The molecule has 0 saturated heterocycles. The average molecular weight is 308 g/mol. The third-order valence-electron chi connectivity index (χ3n) is 2.56. The fourth-order valence-corrected chi connectivity index (χ4v) is 1.79. The van der Waals surface area contributed by atoms with Crippen molar-refractivity contribution < 1.29 is 14.3 Å². The Bertz CT molecular complexity index is 521. The van der Waals surface area contributed by atoms with Gasteiger partial charge in [-0.05, 0) is 32.8 Å². The minimum Gasteiger partial charge on any atom is -0.444 e. The largest absolute Gasteiger partial charge is 0.444 e. The summed E-state index contributed by atoms with van der Waals surface area (Å²) in [6.45, 7) is 5.28. The number of alkyl carbamates (subject to hydrolysis) is 1. The summed E-state index contributed by atoms with van der Waals surface area (Å²) >= 11 is 4.87. The Kier molecular flexibility index (Phi) is 5.84. The SMILES string of the molecule is CC(C)(C)OC(=O)NC(C=O)Cc1ccc(C(N)=S)cc1. The summed E-state index contributed by atoms with van der Waals surface area (Å²) in [5.74, 6) is 0. The zero-order valence-corrected chi connectivity index (χ0v) is 13.2. The highest BCUT2D eigenvalue weighted by Gasteiger charge is 2.19. The minimum absolute atomic E-state index is 0.320. The number of amides is 1. The van der Waals surface area contributed by atoms with Gasteiger partial charge >= 0.3 is 6.09 Å². The van der Waals surface area contributed by atoms with E-state index in [4.69, 9.17) is 22.7 Å². The van der Waals surface area contributed by atoms with Gasteiger partial charge in [0, 0.05) is 5.56 Å². The number of benzene rings is 1. The maximum absolute atomic E-state index is 11.6. The predicted molar refractivity (Wildman–Crippen MR) is 85.3 cm³/mol. The number of aldehydes is 1. The third kappa shape index (κ3) is 6.35. The van der Waals surface area contributed by atoms with Crippen LogP contribution < -0.4 is 11.1 Å². The second kappa shape index (κ2) is 7.17. The van der Waals surface area contributed by atoms with Gasteiger partial charge in [-0.25, -0.2) is 4.79 Å². The molecule has 6 heteroatoms. The molecule has 0 aliphatic carbocycles. The van der Waals surface area contributed by atoms with E-state index < -0.39 is 17.7 Å². The van der Waals surface area contributed by atoms with Gasteiger partial charge in [0.1, 0.15) is 16.9 Å². The zero-order valence-electron chi connectivity index (χ0n) is 12.4. The van der Waals surface area contributed by atoms with Crippen LogP contribution >= 0.6 is 12.2 Å². The molecule has 1 aromatic rings. The summed E-state index contributed by atoms with van der Waals surface area (Å²) in [5.41, 5.74) is 6.57. The monoisotopic (exact) mass is 308 g/mol. The topological polar surface area (TPSA) is 81.4 Å². The Morgan fingerprint density at radius 1 is 1.38 bits per heavy atom. The molecule has 0 radical (unpaired) electrons. The van der Waals surface area contributed by atoms with Crippen LogP contribution in [0.15, 0.2) is 24.3 Å². The molecule has 0 bridgehead atoms. The lowest BCUT2D eigenvalue weighted by atomic mass is 10.0. The van der Waals surface area contributed by atoms with E-state index in [1.54, 1.807) is 32.9 Å². The van der Waals surface area contributed by atoms with Gasteiger partial charge in [-0.15, -0.1) is 0 Å². The van der Waals surface area contributed by atoms with Crippen molar-refractivity contribution in [3.05, 3.63) is 35.4 Å². The van der Waals surface area contributed by atoms with Gasteiger partial charge < -0.3 is 20.6 Å². The summed E-state index contributed by atoms with van der Waals surface area (Å²) < 4.78 is 5.12. The van der Waals surface area contributed by atoms with E-state index in [1.807, 2.05) is 12.1 Å². The molecule has 5 nitrogen and oxygen atoms in total. The first-order chi connectivity index (χ1) is 9.71. The molecule has 0 aromatic heterocycles. The van der Waals surface area contributed by atoms with Crippen molar-refractivity contribution in [2.24, 2.45) is 5.73 Å². The first-order valence-electron chi connectivity index (χ1n) is 6.55. The third-order valence-corrected chi connectivity index (χ3v) is 2.80. The fourth-order valence-electron chi connectivity index (χ4n) is 1.65. The van der Waals surface area contributed by atoms with Crippen molar-refractivity contribution in [3.63, 3.8) is 0 Å². The van der Waals surface area contributed by atoms with Crippen molar-refractivity contribution in [1.29, 1.82) is 0 Å². The van der Waals surface area contributed by atoms with Gasteiger partial charge in [0.25, 0.3) is 0 Å². The highest BCUT2D eigenvalue weighted by molar-refractivity contribution is 7.80. The van der Waals surface area contributed by atoms with Gasteiger partial charge in [-0.1, -0.05) is 36.5 Å². The lowest BCUT2D eigenvalue weighted by Crippen LogP contribution is -2.41. The summed E-state index contributed by atoms with van der Waals surface area (Å²) in [6, 6.07) is 6.57. The molecule has 3 N–H and O–H groups in total. The molecule has 1 amide bonds. The number of carbonyl (C=O) groups excluding carboxylic acids is 2. The lowest BCUT2D eigenvalue weighted by Gasteiger charge is -2.21. The Morgan fingerprint density at radius 2 is 1.95 bits per heavy atom. The van der Waals surface area contributed by atoms with Crippen molar-refractivity contribution in [1.82, 2.24) is 5.32 Å². The molecule has 1 unspecified atom stereocenters. The average Bonchev–Trinajstić information content (AvgIpc) is 2.36. The molecular formula is C15H20N2O3S. The molecule has 114 valence electrons. The lowest BCUT2D eigenvalue weighted by molar-refractivity contribution is -0.109. The van der Waals surface area contributed by atoms with Gasteiger partial charge in [-0.3, -0.25) is 0 Å². The van der Waals surface area contributed by atoms with Crippen LogP contribution in [0.4, 0.5) is 4.79 Å². The standard InChI is InChI=1S/C15H20N2O3S/c1-15(2,3)20-14(19)17-12(9-18)8-10-4-6-11(7-5-10)13(16)21/h4-7,9,12H,8H2,1-3H3,(H2,16,21)(H,17,19). The van der Waals surface area contributed by atoms with Crippen LogP contribution in [0.3, 0.4) is 0 Å². The van der Waals surface area contributed by atoms with Crippen molar-refractivity contribution in [3.8, 4) is 0 Å². The van der Waals surface area contributed by atoms with Crippen LogP contribution in [-0.4, -0.2) is 29.0 Å². The van der Waals surface area contributed by atoms with Gasteiger partial charge in [0.15, 0.2) is 0 Å². The molecule has 1 rings (SSSR count). The van der Waals surface area contributed by atoms with Crippen LogP contribution in [0.5, 0.6) is 0 Å². The Labute approximate surface area is 129 Å². The molecule has 0 aliphatic heterocycles. The molecular weight excluding hydrogens is 288 g/mol. The second-order valence-electron chi connectivity index (χ2n) is 5.65. The van der Waals surface area contributed by atoms with Crippen molar-refractivity contribution in [2.45, 2.75) is 38.8 Å². The van der Waals surface area contributed by atoms with Gasteiger partial charge in [0.05, 0.1) is 6.04 Å². The number of ether oxygens (including phenoxy) is 1. The van der Waals surface area contributed by atoms with E-state index in [9.17, 15) is 9.59 Å². The summed E-state index contributed by atoms with van der Waals surface area (Å²) in [5, 5.41) is 2.53. The first kappa shape index (κ1) is 17.1. The van der Waals surface area contributed by atoms with Gasteiger partial charge in [-0.2, -0.15) is 0 Å².